The van der Waals surface area contributed by atoms with Crippen molar-refractivity contribution < 1.29 is 4.79 Å². The molecule has 0 bridgehead atoms. The molecular formula is C13H21N3OS. The van der Waals surface area contributed by atoms with Crippen LogP contribution in [0.4, 0.5) is 0 Å². The molecule has 0 aromatic carbocycles. The average molecular weight is 267 g/mol. The Morgan fingerprint density at radius 3 is 2.78 bits per heavy atom. The Kier molecular flexibility index (Phi) is 5.16. The molecule has 2 N–H and O–H groups in total. The molecule has 0 aliphatic carbocycles. The first-order valence-corrected chi connectivity index (χ1v) is 7.37. The first kappa shape index (κ1) is 13.5. The summed E-state index contributed by atoms with van der Waals surface area (Å²) in [5.74, 6) is -0.199. The van der Waals surface area contributed by atoms with Gasteiger partial charge < -0.3 is 10.6 Å². The number of hydrogen-bond donors (Lipinski definition) is 1. The maximum atomic E-state index is 10.8. The quantitative estimate of drug-likeness (QED) is 0.870. The maximum absolute atomic E-state index is 10.8. The molecule has 100 valence electrons. The SMILES string of the molecule is NC(=O)CCN1CCCN(Cc2cccs2)CC1. The van der Waals surface area contributed by atoms with E-state index in [2.05, 4.69) is 27.3 Å². The molecule has 1 fully saturated rings. The summed E-state index contributed by atoms with van der Waals surface area (Å²) in [6, 6.07) is 4.30. The lowest BCUT2D eigenvalue weighted by Gasteiger charge is -2.20. The largest absolute Gasteiger partial charge is 0.370 e. The lowest BCUT2D eigenvalue weighted by Crippen LogP contribution is -2.32. The van der Waals surface area contributed by atoms with Crippen molar-refractivity contribution in [3.63, 3.8) is 0 Å². The molecule has 2 rings (SSSR count). The van der Waals surface area contributed by atoms with Gasteiger partial charge in [0, 0.05) is 37.5 Å². The van der Waals surface area contributed by atoms with Crippen LogP contribution >= 0.6 is 11.3 Å². The Morgan fingerprint density at radius 1 is 1.28 bits per heavy atom. The molecule has 1 aliphatic rings. The van der Waals surface area contributed by atoms with Crippen molar-refractivity contribution in [1.29, 1.82) is 0 Å². The van der Waals surface area contributed by atoms with Crippen LogP contribution in [0.2, 0.25) is 0 Å². The van der Waals surface area contributed by atoms with Crippen molar-refractivity contribution in [2.24, 2.45) is 5.73 Å². The number of primary amides is 1. The van der Waals surface area contributed by atoms with Crippen LogP contribution in [0.5, 0.6) is 0 Å². The summed E-state index contributed by atoms with van der Waals surface area (Å²) >= 11 is 1.82. The summed E-state index contributed by atoms with van der Waals surface area (Å²) in [5, 5.41) is 2.13. The minimum atomic E-state index is -0.199. The van der Waals surface area contributed by atoms with Crippen molar-refractivity contribution in [2.75, 3.05) is 32.7 Å². The van der Waals surface area contributed by atoms with E-state index in [0.717, 1.165) is 39.3 Å². The van der Waals surface area contributed by atoms with Crippen molar-refractivity contribution in [2.45, 2.75) is 19.4 Å². The Labute approximate surface area is 112 Å². The molecule has 18 heavy (non-hydrogen) atoms. The minimum absolute atomic E-state index is 0.199. The van der Waals surface area contributed by atoms with Gasteiger partial charge in [-0.15, -0.1) is 11.3 Å². The van der Waals surface area contributed by atoms with E-state index in [-0.39, 0.29) is 5.91 Å². The zero-order chi connectivity index (χ0) is 12.8. The Balaban J connectivity index is 1.75. The molecule has 0 atom stereocenters. The van der Waals surface area contributed by atoms with Gasteiger partial charge in [-0.3, -0.25) is 9.69 Å². The van der Waals surface area contributed by atoms with Gasteiger partial charge in [0.1, 0.15) is 0 Å². The Hall–Kier alpha value is -0.910. The van der Waals surface area contributed by atoms with Crippen LogP contribution in [0.1, 0.15) is 17.7 Å². The van der Waals surface area contributed by atoms with E-state index in [0.29, 0.717) is 6.42 Å². The van der Waals surface area contributed by atoms with Crippen LogP contribution in [-0.2, 0) is 11.3 Å². The highest BCUT2D eigenvalue weighted by atomic mass is 32.1. The maximum Gasteiger partial charge on any atom is 0.218 e. The van der Waals surface area contributed by atoms with Gasteiger partial charge in [0.05, 0.1) is 0 Å². The average Bonchev–Trinajstić information content (AvgIpc) is 2.73. The molecule has 0 spiro atoms. The molecule has 1 aromatic heterocycles. The molecule has 0 unspecified atom stereocenters. The van der Waals surface area contributed by atoms with Crippen LogP contribution < -0.4 is 5.73 Å². The van der Waals surface area contributed by atoms with Crippen molar-refractivity contribution in [1.82, 2.24) is 9.80 Å². The van der Waals surface area contributed by atoms with E-state index < -0.39 is 0 Å². The van der Waals surface area contributed by atoms with Crippen LogP contribution in [0.15, 0.2) is 17.5 Å². The predicted molar refractivity (Wildman–Crippen MR) is 74.5 cm³/mol. The number of carbonyl (C=O) groups excluding carboxylic acids is 1. The van der Waals surface area contributed by atoms with Gasteiger partial charge in [-0.2, -0.15) is 0 Å². The molecule has 5 heteroatoms. The number of amides is 1. The summed E-state index contributed by atoms with van der Waals surface area (Å²) in [5.41, 5.74) is 5.19. The molecule has 1 amide bonds. The van der Waals surface area contributed by atoms with Gasteiger partial charge in [-0.05, 0) is 31.0 Å². The number of nitrogens with zero attached hydrogens (tertiary/aromatic N) is 2. The summed E-state index contributed by atoms with van der Waals surface area (Å²) in [7, 11) is 0. The zero-order valence-electron chi connectivity index (χ0n) is 10.7. The van der Waals surface area contributed by atoms with E-state index >= 15 is 0 Å². The number of nitrogens with two attached hydrogens (primary N) is 1. The smallest absolute Gasteiger partial charge is 0.218 e. The van der Waals surface area contributed by atoms with Gasteiger partial charge >= 0.3 is 0 Å². The van der Waals surface area contributed by atoms with Gasteiger partial charge in [-0.1, -0.05) is 6.07 Å². The Bertz CT molecular complexity index is 366. The van der Waals surface area contributed by atoms with Crippen LogP contribution in [0, 0.1) is 0 Å². The molecule has 0 saturated carbocycles. The minimum Gasteiger partial charge on any atom is -0.370 e. The third-order valence-corrected chi connectivity index (χ3v) is 4.18. The monoisotopic (exact) mass is 267 g/mol. The summed E-state index contributed by atoms with van der Waals surface area (Å²) in [6.45, 7) is 6.21. The number of rotatable bonds is 5. The van der Waals surface area contributed by atoms with E-state index in [4.69, 9.17) is 5.73 Å². The molecule has 1 aromatic rings. The fourth-order valence-electron chi connectivity index (χ4n) is 2.30. The zero-order valence-corrected chi connectivity index (χ0v) is 11.5. The van der Waals surface area contributed by atoms with Gasteiger partial charge in [0.15, 0.2) is 0 Å². The standard InChI is InChI=1S/C13H21N3OS/c14-13(17)4-7-15-5-2-6-16(9-8-15)11-12-3-1-10-18-12/h1,3,10H,2,4-9,11H2,(H2,14,17). The molecule has 2 heterocycles. The topological polar surface area (TPSA) is 49.6 Å². The number of carbonyl (C=O) groups is 1. The lowest BCUT2D eigenvalue weighted by atomic mass is 10.3. The molecule has 1 aliphatic heterocycles. The van der Waals surface area contributed by atoms with E-state index in [9.17, 15) is 4.79 Å². The fourth-order valence-corrected chi connectivity index (χ4v) is 3.04. The lowest BCUT2D eigenvalue weighted by molar-refractivity contribution is -0.118. The normalized spacial score (nSPS) is 18.7. The van der Waals surface area contributed by atoms with Crippen molar-refractivity contribution in [3.05, 3.63) is 22.4 Å². The first-order chi connectivity index (χ1) is 8.74. The summed E-state index contributed by atoms with van der Waals surface area (Å²) < 4.78 is 0. The predicted octanol–water partition coefficient (Wildman–Crippen LogP) is 1.13. The van der Waals surface area contributed by atoms with Gasteiger partial charge in [0.25, 0.3) is 0 Å². The molecule has 1 saturated heterocycles. The van der Waals surface area contributed by atoms with Gasteiger partial charge in [-0.25, -0.2) is 0 Å². The second-order valence-corrected chi connectivity index (χ2v) is 5.80. The highest BCUT2D eigenvalue weighted by Gasteiger charge is 2.15. The van der Waals surface area contributed by atoms with Crippen LogP contribution in [0.3, 0.4) is 0 Å². The van der Waals surface area contributed by atoms with Crippen molar-refractivity contribution in [3.8, 4) is 0 Å². The molecular weight excluding hydrogens is 246 g/mol. The second kappa shape index (κ2) is 6.87. The number of thiophene rings is 1. The molecule has 0 radical (unpaired) electrons. The van der Waals surface area contributed by atoms with E-state index in [1.54, 1.807) is 0 Å². The van der Waals surface area contributed by atoms with E-state index in [1.807, 2.05) is 11.3 Å². The fraction of sp³-hybridized carbons (Fsp3) is 0.615. The summed E-state index contributed by atoms with van der Waals surface area (Å²) in [6.07, 6.45) is 1.65. The third-order valence-electron chi connectivity index (χ3n) is 3.32. The van der Waals surface area contributed by atoms with Gasteiger partial charge in [0.2, 0.25) is 5.91 Å². The van der Waals surface area contributed by atoms with Crippen molar-refractivity contribution >= 4 is 17.2 Å². The first-order valence-electron chi connectivity index (χ1n) is 6.49. The highest BCUT2D eigenvalue weighted by Crippen LogP contribution is 2.13. The Morgan fingerprint density at radius 2 is 2.06 bits per heavy atom. The summed E-state index contributed by atoms with van der Waals surface area (Å²) in [4.78, 5) is 17.1. The highest BCUT2D eigenvalue weighted by molar-refractivity contribution is 7.09. The van der Waals surface area contributed by atoms with Crippen LogP contribution in [0.25, 0.3) is 0 Å². The van der Waals surface area contributed by atoms with Crippen LogP contribution in [-0.4, -0.2) is 48.4 Å². The third kappa shape index (κ3) is 4.40. The molecule has 4 nitrogen and oxygen atoms in total. The van der Waals surface area contributed by atoms with E-state index in [1.165, 1.54) is 11.3 Å². The second-order valence-electron chi connectivity index (χ2n) is 4.77. The number of hydrogen-bond acceptors (Lipinski definition) is 4.